The van der Waals surface area contributed by atoms with Gasteiger partial charge in [0.05, 0.1) is 5.02 Å². The molecule has 0 bridgehead atoms. The monoisotopic (exact) mass is 293 g/mol. The highest BCUT2D eigenvalue weighted by atomic mass is 35.5. The van der Waals surface area contributed by atoms with Crippen LogP contribution in [0.5, 0.6) is 5.88 Å². The van der Waals surface area contributed by atoms with Crippen molar-refractivity contribution in [2.45, 2.75) is 38.7 Å². The first-order chi connectivity index (χ1) is 8.06. The lowest BCUT2D eigenvalue weighted by Crippen LogP contribution is -2.23. The zero-order valence-corrected chi connectivity index (χ0v) is 11.8. The molecule has 0 saturated heterocycles. The zero-order valence-electron chi connectivity index (χ0n) is 9.55. The number of rotatable bonds is 2. The summed E-state index contributed by atoms with van der Waals surface area (Å²) in [5, 5.41) is 0.995. The normalized spacial score (nSPS) is 24.7. The predicted molar refractivity (Wildman–Crippen MR) is 71.3 cm³/mol. The summed E-state index contributed by atoms with van der Waals surface area (Å²) in [6.07, 6.45) is 4.64. The Balaban J connectivity index is 2.06. The molecule has 1 fully saturated rings. The van der Waals surface area contributed by atoms with Crippen LogP contribution in [0.3, 0.4) is 0 Å². The van der Waals surface area contributed by atoms with Gasteiger partial charge in [0, 0.05) is 0 Å². The van der Waals surface area contributed by atoms with Crippen molar-refractivity contribution < 1.29 is 4.74 Å². The number of pyridine rings is 1. The fourth-order valence-electron chi connectivity index (χ4n) is 2.02. The second-order valence-electron chi connectivity index (χ2n) is 4.55. The van der Waals surface area contributed by atoms with E-state index in [2.05, 4.69) is 11.9 Å². The highest BCUT2D eigenvalue weighted by Crippen LogP contribution is 2.33. The Labute approximate surface area is 116 Å². The first-order valence-corrected chi connectivity index (χ1v) is 6.88. The molecule has 1 saturated carbocycles. The summed E-state index contributed by atoms with van der Waals surface area (Å²) in [6.45, 7) is 2.26. The van der Waals surface area contributed by atoms with Crippen LogP contribution in [0.1, 0.15) is 32.6 Å². The van der Waals surface area contributed by atoms with E-state index >= 15 is 0 Å². The summed E-state index contributed by atoms with van der Waals surface area (Å²) in [4.78, 5) is 4.06. The summed E-state index contributed by atoms with van der Waals surface area (Å²) < 4.78 is 5.78. The molecule has 1 aliphatic rings. The highest BCUT2D eigenvalue weighted by molar-refractivity contribution is 6.42. The minimum Gasteiger partial charge on any atom is -0.473 e. The maximum atomic E-state index is 6.02. The number of ether oxygens (including phenoxy) is 1. The van der Waals surface area contributed by atoms with Gasteiger partial charge in [-0.15, -0.1) is 0 Å². The van der Waals surface area contributed by atoms with Gasteiger partial charge in [-0.25, -0.2) is 0 Å². The van der Waals surface area contributed by atoms with E-state index in [9.17, 15) is 0 Å². The van der Waals surface area contributed by atoms with Crippen molar-refractivity contribution in [3.05, 3.63) is 21.3 Å². The third-order valence-electron chi connectivity index (χ3n) is 3.10. The summed E-state index contributed by atoms with van der Waals surface area (Å²) in [6, 6.07) is 1.57. The van der Waals surface area contributed by atoms with Crippen molar-refractivity contribution in [3.8, 4) is 5.88 Å². The lowest BCUT2D eigenvalue weighted by atomic mass is 9.89. The van der Waals surface area contributed by atoms with E-state index < -0.39 is 0 Å². The molecular formula is C12H14Cl3NO. The molecule has 0 amide bonds. The van der Waals surface area contributed by atoms with Crippen LogP contribution in [0.25, 0.3) is 0 Å². The summed E-state index contributed by atoms with van der Waals surface area (Å²) >= 11 is 17.7. The number of hydrogen-bond donors (Lipinski definition) is 0. The van der Waals surface area contributed by atoms with Crippen LogP contribution in [0.2, 0.25) is 15.2 Å². The van der Waals surface area contributed by atoms with Crippen LogP contribution < -0.4 is 4.74 Å². The number of halogens is 3. The predicted octanol–water partition coefficient (Wildman–Crippen LogP) is 5.00. The molecule has 1 aliphatic carbocycles. The van der Waals surface area contributed by atoms with Gasteiger partial charge in [-0.3, -0.25) is 0 Å². The maximum Gasteiger partial charge on any atom is 0.234 e. The van der Waals surface area contributed by atoms with E-state index in [0.29, 0.717) is 15.9 Å². The molecule has 2 rings (SSSR count). The largest absolute Gasteiger partial charge is 0.473 e. The van der Waals surface area contributed by atoms with Crippen LogP contribution >= 0.6 is 34.8 Å². The molecule has 0 aromatic carbocycles. The Morgan fingerprint density at radius 1 is 1.12 bits per heavy atom. The van der Waals surface area contributed by atoms with Crippen LogP contribution in [-0.4, -0.2) is 11.1 Å². The van der Waals surface area contributed by atoms with Gasteiger partial charge < -0.3 is 4.74 Å². The standard InChI is InChI=1S/C12H14Cl3NO/c1-7-2-4-8(5-3-7)17-12-10(14)6-9(13)11(15)16-12/h6-8H,2-5H2,1H3. The van der Waals surface area contributed by atoms with Gasteiger partial charge >= 0.3 is 0 Å². The van der Waals surface area contributed by atoms with Crippen molar-refractivity contribution in [2.24, 2.45) is 5.92 Å². The molecule has 17 heavy (non-hydrogen) atoms. The van der Waals surface area contributed by atoms with Crippen molar-refractivity contribution in [1.29, 1.82) is 0 Å². The molecule has 0 unspecified atom stereocenters. The molecule has 1 aromatic heterocycles. The second kappa shape index (κ2) is 5.64. The first-order valence-electron chi connectivity index (χ1n) is 5.74. The minimum absolute atomic E-state index is 0.188. The van der Waals surface area contributed by atoms with E-state index in [-0.39, 0.29) is 11.3 Å². The molecular weight excluding hydrogens is 280 g/mol. The van der Waals surface area contributed by atoms with E-state index in [4.69, 9.17) is 39.5 Å². The molecule has 2 nitrogen and oxygen atoms in total. The van der Waals surface area contributed by atoms with E-state index in [1.165, 1.54) is 12.8 Å². The third-order valence-corrected chi connectivity index (χ3v) is 4.04. The first kappa shape index (κ1) is 13.3. The molecule has 0 radical (unpaired) electrons. The summed E-state index contributed by atoms with van der Waals surface area (Å²) in [5.41, 5.74) is 0. The molecule has 0 N–H and O–H groups in total. The molecule has 0 aliphatic heterocycles. The van der Waals surface area contributed by atoms with E-state index in [0.717, 1.165) is 18.8 Å². The number of aromatic nitrogens is 1. The fourth-order valence-corrected chi connectivity index (χ4v) is 2.55. The van der Waals surface area contributed by atoms with E-state index in [1.54, 1.807) is 6.07 Å². The molecule has 1 heterocycles. The Bertz CT molecular complexity index is 403. The van der Waals surface area contributed by atoms with Gasteiger partial charge in [0.2, 0.25) is 5.88 Å². The smallest absolute Gasteiger partial charge is 0.234 e. The van der Waals surface area contributed by atoms with Crippen LogP contribution in [0.15, 0.2) is 6.07 Å². The maximum absolute atomic E-state index is 6.02. The molecule has 5 heteroatoms. The molecule has 1 aromatic rings. The van der Waals surface area contributed by atoms with Crippen LogP contribution in [0, 0.1) is 5.92 Å². The Morgan fingerprint density at radius 2 is 1.76 bits per heavy atom. The van der Waals surface area contributed by atoms with Crippen molar-refractivity contribution >= 4 is 34.8 Å². The van der Waals surface area contributed by atoms with Crippen LogP contribution in [0.4, 0.5) is 0 Å². The van der Waals surface area contributed by atoms with Gasteiger partial charge in [-0.2, -0.15) is 4.98 Å². The topological polar surface area (TPSA) is 22.1 Å². The Kier molecular flexibility index (Phi) is 4.40. The molecule has 94 valence electrons. The SMILES string of the molecule is CC1CCC(Oc2nc(Cl)c(Cl)cc2Cl)CC1. The average molecular weight is 295 g/mol. The highest BCUT2D eigenvalue weighted by Gasteiger charge is 2.21. The van der Waals surface area contributed by atoms with Gasteiger partial charge in [0.25, 0.3) is 0 Å². The van der Waals surface area contributed by atoms with Gasteiger partial charge in [0.15, 0.2) is 5.15 Å². The van der Waals surface area contributed by atoms with Crippen molar-refractivity contribution in [3.63, 3.8) is 0 Å². The third kappa shape index (κ3) is 3.40. The summed E-state index contributed by atoms with van der Waals surface area (Å²) in [5.74, 6) is 1.17. The lowest BCUT2D eigenvalue weighted by molar-refractivity contribution is 0.130. The molecule has 0 spiro atoms. The lowest BCUT2D eigenvalue weighted by Gasteiger charge is -2.26. The van der Waals surface area contributed by atoms with Gasteiger partial charge in [0.1, 0.15) is 11.1 Å². The van der Waals surface area contributed by atoms with Crippen molar-refractivity contribution in [1.82, 2.24) is 4.98 Å². The van der Waals surface area contributed by atoms with E-state index in [1.807, 2.05) is 0 Å². The Morgan fingerprint density at radius 3 is 2.41 bits per heavy atom. The van der Waals surface area contributed by atoms with Gasteiger partial charge in [-0.05, 0) is 37.7 Å². The summed E-state index contributed by atoms with van der Waals surface area (Å²) in [7, 11) is 0. The average Bonchev–Trinajstić information content (AvgIpc) is 2.29. The molecule has 0 atom stereocenters. The number of hydrogen-bond acceptors (Lipinski definition) is 2. The minimum atomic E-state index is 0.188. The second-order valence-corrected chi connectivity index (χ2v) is 5.72. The quantitative estimate of drug-likeness (QED) is 0.716. The van der Waals surface area contributed by atoms with Crippen LogP contribution in [-0.2, 0) is 0 Å². The van der Waals surface area contributed by atoms with Gasteiger partial charge in [-0.1, -0.05) is 41.7 Å². The number of nitrogens with zero attached hydrogens (tertiary/aromatic N) is 1. The van der Waals surface area contributed by atoms with Crippen molar-refractivity contribution in [2.75, 3.05) is 0 Å². The zero-order chi connectivity index (χ0) is 12.4. The fraction of sp³-hybridized carbons (Fsp3) is 0.583. The Hall–Kier alpha value is -0.180.